The fourth-order valence-corrected chi connectivity index (χ4v) is 5.97. The molecule has 206 valence electrons. The lowest BCUT2D eigenvalue weighted by molar-refractivity contribution is -0.105. The molecule has 9 heteroatoms. The molecule has 0 bridgehead atoms. The number of hydrogen-bond donors (Lipinski definition) is 2. The third kappa shape index (κ3) is 5.31. The van der Waals surface area contributed by atoms with E-state index in [4.69, 9.17) is 9.47 Å². The van der Waals surface area contributed by atoms with Crippen molar-refractivity contribution in [1.82, 2.24) is 9.80 Å². The zero-order chi connectivity index (χ0) is 26.9. The zero-order valence-electron chi connectivity index (χ0n) is 22.4. The van der Waals surface area contributed by atoms with Crippen LogP contribution in [-0.4, -0.2) is 81.0 Å². The lowest BCUT2D eigenvalue weighted by atomic mass is 9.83. The second-order valence-electron chi connectivity index (χ2n) is 10.9. The highest BCUT2D eigenvalue weighted by Crippen LogP contribution is 2.49. The van der Waals surface area contributed by atoms with Gasteiger partial charge in [-0.3, -0.25) is 19.0 Å². The number of anilines is 2. The summed E-state index contributed by atoms with van der Waals surface area (Å²) in [5.74, 6) is 1.38. The first-order valence-corrected chi connectivity index (χ1v) is 13.5. The average Bonchev–Trinajstić information content (AvgIpc) is 3.62. The molecule has 2 fully saturated rings. The molecule has 0 radical (unpaired) electrons. The topological polar surface area (TPSA) is 66.1 Å². The summed E-state index contributed by atoms with van der Waals surface area (Å²) in [5, 5.41) is 6.31. The first-order valence-electron chi connectivity index (χ1n) is 13.5. The summed E-state index contributed by atoms with van der Waals surface area (Å²) in [4.78, 5) is 15.7. The van der Waals surface area contributed by atoms with Crippen LogP contribution < -0.4 is 20.1 Å². The average molecular weight is 529 g/mol. The van der Waals surface area contributed by atoms with Gasteiger partial charge in [-0.05, 0) is 50.3 Å². The van der Waals surface area contributed by atoms with Gasteiger partial charge in [0.1, 0.15) is 17.2 Å². The number of benzene rings is 2. The number of nitrogens with one attached hydrogen (secondary N) is 2. The second kappa shape index (κ2) is 11.1. The largest absolute Gasteiger partial charge is 0.496 e. The number of likely N-dealkylation sites (tertiary alicyclic amines) is 1. The van der Waals surface area contributed by atoms with Crippen LogP contribution in [0.2, 0.25) is 0 Å². The summed E-state index contributed by atoms with van der Waals surface area (Å²) in [7, 11) is 3.27. The van der Waals surface area contributed by atoms with Gasteiger partial charge < -0.3 is 20.1 Å². The van der Waals surface area contributed by atoms with Gasteiger partial charge in [0.25, 0.3) is 0 Å². The van der Waals surface area contributed by atoms with E-state index in [0.717, 1.165) is 47.8 Å². The van der Waals surface area contributed by atoms with Gasteiger partial charge in [-0.15, -0.1) is 0 Å². The van der Waals surface area contributed by atoms with Crippen LogP contribution in [0.4, 0.5) is 20.2 Å². The van der Waals surface area contributed by atoms with Crippen LogP contribution in [0, 0.1) is 0 Å². The Hall–Kier alpha value is -2.91. The van der Waals surface area contributed by atoms with Crippen molar-refractivity contribution in [3.63, 3.8) is 0 Å². The number of fused-ring (bicyclic) bond motifs is 1. The van der Waals surface area contributed by atoms with E-state index < -0.39 is 5.67 Å². The monoisotopic (exact) mass is 528 g/mol. The summed E-state index contributed by atoms with van der Waals surface area (Å²) >= 11 is 0. The van der Waals surface area contributed by atoms with Crippen molar-refractivity contribution in [2.24, 2.45) is 0 Å². The fraction of sp³-hybridized carbons (Fsp3) is 0.552. The van der Waals surface area contributed by atoms with Crippen LogP contribution >= 0.6 is 0 Å². The molecule has 0 unspecified atom stereocenters. The van der Waals surface area contributed by atoms with Crippen molar-refractivity contribution in [3.8, 4) is 11.5 Å². The maximum atomic E-state index is 15.2. The minimum atomic E-state index is -1.15. The molecule has 1 saturated carbocycles. The Morgan fingerprint density at radius 3 is 2.55 bits per heavy atom. The SMILES string of the molecule is COc1cc(NC2CN(CCCF)C2)ccc1[C@@H]1c2ccc(NC=O)c(OC)c2C[C@@H](C)N1CC1(F)CC1. The van der Waals surface area contributed by atoms with Crippen LogP contribution in [0.15, 0.2) is 30.3 Å². The minimum absolute atomic E-state index is 0.0499. The Labute approximate surface area is 223 Å². The van der Waals surface area contributed by atoms with Gasteiger partial charge in [0.05, 0.1) is 38.7 Å². The maximum Gasteiger partial charge on any atom is 0.211 e. The third-order valence-electron chi connectivity index (χ3n) is 8.13. The summed E-state index contributed by atoms with van der Waals surface area (Å²) in [5.41, 5.74) is 3.44. The van der Waals surface area contributed by atoms with Gasteiger partial charge >= 0.3 is 0 Å². The molecule has 38 heavy (non-hydrogen) atoms. The van der Waals surface area contributed by atoms with E-state index in [1.807, 2.05) is 18.2 Å². The van der Waals surface area contributed by atoms with Crippen molar-refractivity contribution >= 4 is 17.8 Å². The first-order chi connectivity index (χ1) is 18.4. The zero-order valence-corrected chi connectivity index (χ0v) is 22.4. The summed E-state index contributed by atoms with van der Waals surface area (Å²) in [6.45, 7) is 4.76. The predicted octanol–water partition coefficient (Wildman–Crippen LogP) is 4.57. The molecular formula is C29H38F2N4O3. The number of halogens is 2. The summed E-state index contributed by atoms with van der Waals surface area (Å²) in [6, 6.07) is 10.1. The van der Waals surface area contributed by atoms with Crippen molar-refractivity contribution in [1.29, 1.82) is 0 Å². The minimum Gasteiger partial charge on any atom is -0.496 e. The molecule has 2 N–H and O–H groups in total. The number of carbonyl (C=O) groups excluding carboxylic acids is 1. The Bertz CT molecular complexity index is 1150. The van der Waals surface area contributed by atoms with Crippen LogP contribution in [0.1, 0.15) is 48.9 Å². The number of ether oxygens (including phenoxy) is 2. The molecule has 1 aliphatic carbocycles. The number of methoxy groups -OCH3 is 2. The van der Waals surface area contributed by atoms with Crippen LogP contribution in [0.25, 0.3) is 0 Å². The van der Waals surface area contributed by atoms with Crippen molar-refractivity contribution in [2.75, 3.05) is 57.7 Å². The maximum absolute atomic E-state index is 15.2. The molecule has 2 aromatic carbocycles. The van der Waals surface area contributed by atoms with E-state index in [1.165, 1.54) is 0 Å². The quantitative estimate of drug-likeness (QED) is 0.394. The highest BCUT2D eigenvalue weighted by Gasteiger charge is 2.48. The normalized spacial score (nSPS) is 22.8. The van der Waals surface area contributed by atoms with Gasteiger partial charge in [-0.1, -0.05) is 12.1 Å². The molecule has 7 nitrogen and oxygen atoms in total. The molecule has 2 aliphatic heterocycles. The molecule has 0 spiro atoms. The number of carbonyl (C=O) groups is 1. The van der Waals surface area contributed by atoms with Crippen molar-refractivity contribution in [2.45, 2.75) is 56.4 Å². The Kier molecular flexibility index (Phi) is 7.77. The molecule has 5 rings (SSSR count). The van der Waals surface area contributed by atoms with Gasteiger partial charge in [-0.25, -0.2) is 4.39 Å². The van der Waals surface area contributed by atoms with E-state index in [2.05, 4.69) is 39.5 Å². The number of amides is 1. The van der Waals surface area contributed by atoms with Crippen LogP contribution in [0.5, 0.6) is 11.5 Å². The highest BCUT2D eigenvalue weighted by molar-refractivity contribution is 5.77. The molecule has 1 amide bonds. The van der Waals surface area contributed by atoms with Gasteiger partial charge in [0.15, 0.2) is 0 Å². The summed E-state index contributed by atoms with van der Waals surface area (Å²) in [6.07, 6.45) is 3.08. The lowest BCUT2D eigenvalue weighted by Gasteiger charge is -2.44. The standard InChI is InChI=1S/C29H38F2N4O3/c1-19-13-24-22(7-8-25(32-18-36)28(24)38-3)27(35(19)17-29(31)9-10-29)23-6-5-20(14-26(23)37-2)33-21-15-34(16-21)12-4-11-30/h5-8,14,18-19,21,27,33H,4,9-13,15-17H2,1-3H3,(H,32,36)/t19-,27+/m1/s1. The number of rotatable bonds is 12. The Balaban J connectivity index is 1.48. The van der Waals surface area contributed by atoms with Crippen molar-refractivity contribution in [3.05, 3.63) is 47.0 Å². The molecule has 2 aromatic rings. The van der Waals surface area contributed by atoms with Gasteiger partial charge in [0, 0.05) is 55.1 Å². The molecule has 2 atom stereocenters. The van der Waals surface area contributed by atoms with Crippen molar-refractivity contribution < 1.29 is 23.0 Å². The van der Waals surface area contributed by atoms with E-state index >= 15 is 4.39 Å². The van der Waals surface area contributed by atoms with Gasteiger partial charge in [-0.2, -0.15) is 0 Å². The van der Waals surface area contributed by atoms with Crippen LogP contribution in [0.3, 0.4) is 0 Å². The smallest absolute Gasteiger partial charge is 0.211 e. The Morgan fingerprint density at radius 2 is 1.89 bits per heavy atom. The summed E-state index contributed by atoms with van der Waals surface area (Å²) < 4.78 is 39.3. The predicted molar refractivity (Wildman–Crippen MR) is 145 cm³/mol. The van der Waals surface area contributed by atoms with E-state index in [9.17, 15) is 9.18 Å². The van der Waals surface area contributed by atoms with Gasteiger partial charge in [0.2, 0.25) is 6.41 Å². The first kappa shape index (κ1) is 26.7. The van der Waals surface area contributed by atoms with E-state index in [0.29, 0.717) is 56.1 Å². The van der Waals surface area contributed by atoms with E-state index in [-0.39, 0.29) is 18.8 Å². The molecule has 3 aliphatic rings. The van der Waals surface area contributed by atoms with E-state index in [1.54, 1.807) is 14.2 Å². The lowest BCUT2D eigenvalue weighted by Crippen LogP contribution is -2.54. The number of nitrogens with zero attached hydrogens (tertiary/aromatic N) is 2. The number of hydrogen-bond acceptors (Lipinski definition) is 6. The highest BCUT2D eigenvalue weighted by atomic mass is 19.1. The Morgan fingerprint density at radius 1 is 1.13 bits per heavy atom. The molecular weight excluding hydrogens is 490 g/mol. The second-order valence-corrected chi connectivity index (χ2v) is 10.9. The molecule has 2 heterocycles. The molecule has 1 saturated heterocycles. The van der Waals surface area contributed by atoms with Crippen LogP contribution in [-0.2, 0) is 11.2 Å². The molecule has 0 aromatic heterocycles. The fourth-order valence-electron chi connectivity index (χ4n) is 5.97. The third-order valence-corrected chi connectivity index (χ3v) is 8.13. The number of alkyl halides is 2.